The number of amides is 2. The van der Waals surface area contributed by atoms with Crippen molar-refractivity contribution in [3.8, 4) is 11.4 Å². The zero-order chi connectivity index (χ0) is 19.2. The third-order valence-corrected chi connectivity index (χ3v) is 3.61. The largest absolute Gasteiger partial charge is 0.339 e. The minimum Gasteiger partial charge on any atom is -0.339 e. The molecule has 8 heteroatoms. The molecule has 0 aliphatic heterocycles. The molecule has 0 radical (unpaired) electrons. The maximum absolute atomic E-state index is 13.2. The van der Waals surface area contributed by atoms with Crippen molar-refractivity contribution < 1.29 is 18.5 Å². The van der Waals surface area contributed by atoms with E-state index in [4.69, 9.17) is 4.52 Å². The third-order valence-electron chi connectivity index (χ3n) is 3.61. The van der Waals surface area contributed by atoms with Gasteiger partial charge in [-0.25, -0.2) is 4.39 Å². The van der Waals surface area contributed by atoms with Crippen LogP contribution in [-0.4, -0.2) is 22.0 Å². The van der Waals surface area contributed by atoms with Gasteiger partial charge in [0.25, 0.3) is 0 Å². The highest BCUT2D eigenvalue weighted by Gasteiger charge is 2.11. The van der Waals surface area contributed by atoms with Crippen LogP contribution < -0.4 is 10.6 Å². The van der Waals surface area contributed by atoms with Crippen LogP contribution in [-0.2, 0) is 16.0 Å². The number of anilines is 2. The molecule has 0 unspecified atom stereocenters. The van der Waals surface area contributed by atoms with E-state index in [0.717, 1.165) is 0 Å². The Morgan fingerprint density at radius 1 is 1.07 bits per heavy atom. The molecule has 0 saturated heterocycles. The molecule has 1 aromatic heterocycles. The van der Waals surface area contributed by atoms with Crippen molar-refractivity contribution in [2.24, 2.45) is 0 Å². The number of benzene rings is 2. The molecule has 1 heterocycles. The molecule has 0 spiro atoms. The number of hydrogen-bond donors (Lipinski definition) is 2. The number of nitrogens with one attached hydrogen (secondary N) is 2. The van der Waals surface area contributed by atoms with Gasteiger partial charge in [0.15, 0.2) is 0 Å². The number of aromatic nitrogens is 2. The number of aryl methyl sites for hydroxylation is 1. The predicted octanol–water partition coefficient (Wildman–Crippen LogP) is 3.41. The highest BCUT2D eigenvalue weighted by Crippen LogP contribution is 2.18. The molecule has 0 bridgehead atoms. The lowest BCUT2D eigenvalue weighted by atomic mass is 10.2. The van der Waals surface area contributed by atoms with Gasteiger partial charge in [-0.3, -0.25) is 9.59 Å². The Hall–Kier alpha value is -3.55. The molecule has 3 aromatic rings. The van der Waals surface area contributed by atoms with Crippen LogP contribution >= 0.6 is 0 Å². The first-order valence-corrected chi connectivity index (χ1v) is 8.25. The fourth-order valence-electron chi connectivity index (χ4n) is 2.39. The molecule has 2 N–H and O–H groups in total. The normalized spacial score (nSPS) is 10.4. The molecule has 0 aliphatic carbocycles. The van der Waals surface area contributed by atoms with Crippen LogP contribution in [0.5, 0.6) is 0 Å². The lowest BCUT2D eigenvalue weighted by molar-refractivity contribution is -0.116. The maximum Gasteiger partial charge on any atom is 0.227 e. The first kappa shape index (κ1) is 18.2. The molecular formula is C19H17FN4O3. The van der Waals surface area contributed by atoms with E-state index in [9.17, 15) is 14.0 Å². The average molecular weight is 368 g/mol. The SMILES string of the molecule is CC(=O)Nc1ccc(NC(=O)CCc2nc(-c3cccc(F)c3)no2)cc1. The molecule has 0 saturated carbocycles. The molecule has 2 amide bonds. The first-order valence-electron chi connectivity index (χ1n) is 8.25. The van der Waals surface area contributed by atoms with Crippen molar-refractivity contribution in [3.63, 3.8) is 0 Å². The molecule has 7 nitrogen and oxygen atoms in total. The Morgan fingerprint density at radius 2 is 1.78 bits per heavy atom. The van der Waals surface area contributed by atoms with E-state index >= 15 is 0 Å². The summed E-state index contributed by atoms with van der Waals surface area (Å²) in [6.07, 6.45) is 0.413. The lowest BCUT2D eigenvalue weighted by Crippen LogP contribution is -2.12. The summed E-state index contributed by atoms with van der Waals surface area (Å²) in [5, 5.41) is 9.20. The standard InChI is InChI=1S/C19H17FN4O3/c1-12(25)21-15-5-7-16(8-6-15)22-17(26)9-10-18-23-19(24-27-18)13-3-2-4-14(20)11-13/h2-8,11H,9-10H2,1H3,(H,21,25)(H,22,26). The molecular weight excluding hydrogens is 351 g/mol. The number of nitrogens with zero attached hydrogens (tertiary/aromatic N) is 2. The van der Waals surface area contributed by atoms with Gasteiger partial charge in [-0.1, -0.05) is 17.3 Å². The highest BCUT2D eigenvalue weighted by molar-refractivity contribution is 5.92. The Bertz CT molecular complexity index is 954. The van der Waals surface area contributed by atoms with E-state index in [-0.39, 0.29) is 36.3 Å². The second kappa shape index (κ2) is 8.22. The lowest BCUT2D eigenvalue weighted by Gasteiger charge is -2.06. The van der Waals surface area contributed by atoms with Gasteiger partial charge in [0.2, 0.25) is 23.5 Å². The Balaban J connectivity index is 1.53. The molecule has 0 aliphatic rings. The number of carbonyl (C=O) groups excluding carboxylic acids is 2. The highest BCUT2D eigenvalue weighted by atomic mass is 19.1. The fourth-order valence-corrected chi connectivity index (χ4v) is 2.39. The number of hydrogen-bond acceptors (Lipinski definition) is 5. The molecule has 138 valence electrons. The summed E-state index contributed by atoms with van der Waals surface area (Å²) in [6, 6.07) is 12.7. The van der Waals surface area contributed by atoms with Gasteiger partial charge in [-0.2, -0.15) is 4.98 Å². The quantitative estimate of drug-likeness (QED) is 0.695. The van der Waals surface area contributed by atoms with Crippen LogP contribution in [0.1, 0.15) is 19.2 Å². The van der Waals surface area contributed by atoms with E-state index in [1.807, 2.05) is 0 Å². The average Bonchev–Trinajstić information content (AvgIpc) is 3.10. The molecule has 2 aromatic carbocycles. The van der Waals surface area contributed by atoms with Gasteiger partial charge >= 0.3 is 0 Å². The number of rotatable bonds is 6. The predicted molar refractivity (Wildman–Crippen MR) is 97.4 cm³/mol. The van der Waals surface area contributed by atoms with Gasteiger partial charge in [-0.05, 0) is 36.4 Å². The summed E-state index contributed by atoms with van der Waals surface area (Å²) < 4.78 is 18.4. The topological polar surface area (TPSA) is 97.1 Å². The second-order valence-electron chi connectivity index (χ2n) is 5.83. The van der Waals surface area contributed by atoms with Crippen molar-refractivity contribution in [2.75, 3.05) is 10.6 Å². The minimum absolute atomic E-state index is 0.151. The van der Waals surface area contributed by atoms with Crippen molar-refractivity contribution in [3.05, 3.63) is 60.2 Å². The van der Waals surface area contributed by atoms with E-state index in [2.05, 4.69) is 20.8 Å². The second-order valence-corrected chi connectivity index (χ2v) is 5.83. The maximum atomic E-state index is 13.2. The van der Waals surface area contributed by atoms with Gasteiger partial charge in [0.1, 0.15) is 5.82 Å². The van der Waals surface area contributed by atoms with Crippen molar-refractivity contribution in [2.45, 2.75) is 19.8 Å². The zero-order valence-corrected chi connectivity index (χ0v) is 14.5. The van der Waals surface area contributed by atoms with Gasteiger partial charge in [0.05, 0.1) is 0 Å². The molecule has 0 atom stereocenters. The van der Waals surface area contributed by atoms with Crippen molar-refractivity contribution in [1.29, 1.82) is 0 Å². The van der Waals surface area contributed by atoms with Crippen LogP contribution in [0.15, 0.2) is 53.1 Å². The van der Waals surface area contributed by atoms with Crippen LogP contribution in [0.4, 0.5) is 15.8 Å². The zero-order valence-electron chi connectivity index (χ0n) is 14.5. The first-order chi connectivity index (χ1) is 13.0. The summed E-state index contributed by atoms with van der Waals surface area (Å²) in [4.78, 5) is 27.2. The van der Waals surface area contributed by atoms with Crippen LogP contribution in [0.3, 0.4) is 0 Å². The molecule has 0 fully saturated rings. The summed E-state index contributed by atoms with van der Waals surface area (Å²) in [5.41, 5.74) is 1.77. The summed E-state index contributed by atoms with van der Waals surface area (Å²) in [6.45, 7) is 1.42. The smallest absolute Gasteiger partial charge is 0.227 e. The van der Waals surface area contributed by atoms with Crippen molar-refractivity contribution in [1.82, 2.24) is 10.1 Å². The van der Waals surface area contributed by atoms with Crippen LogP contribution in [0.2, 0.25) is 0 Å². The Kier molecular flexibility index (Phi) is 5.55. The summed E-state index contributed by atoms with van der Waals surface area (Å²) >= 11 is 0. The minimum atomic E-state index is -0.386. The van der Waals surface area contributed by atoms with Gasteiger partial charge in [-0.15, -0.1) is 0 Å². The van der Waals surface area contributed by atoms with E-state index in [0.29, 0.717) is 22.8 Å². The van der Waals surface area contributed by atoms with E-state index in [1.54, 1.807) is 36.4 Å². The fraction of sp³-hybridized carbons (Fsp3) is 0.158. The third kappa shape index (κ3) is 5.21. The Labute approximate surface area is 154 Å². The van der Waals surface area contributed by atoms with Crippen LogP contribution in [0.25, 0.3) is 11.4 Å². The summed E-state index contributed by atoms with van der Waals surface area (Å²) in [7, 11) is 0. The number of halogens is 1. The molecule has 27 heavy (non-hydrogen) atoms. The van der Waals surface area contributed by atoms with E-state index in [1.165, 1.54) is 19.1 Å². The van der Waals surface area contributed by atoms with Gasteiger partial charge in [0, 0.05) is 36.7 Å². The van der Waals surface area contributed by atoms with E-state index < -0.39 is 0 Å². The Morgan fingerprint density at radius 3 is 2.44 bits per heavy atom. The summed E-state index contributed by atoms with van der Waals surface area (Å²) in [5.74, 6) is -0.191. The number of carbonyl (C=O) groups is 2. The monoisotopic (exact) mass is 368 g/mol. The molecule has 3 rings (SSSR count). The van der Waals surface area contributed by atoms with Crippen molar-refractivity contribution >= 4 is 23.2 Å². The van der Waals surface area contributed by atoms with Gasteiger partial charge < -0.3 is 15.2 Å². The van der Waals surface area contributed by atoms with Crippen LogP contribution in [0, 0.1) is 5.82 Å².